The number of nitrogens with zero attached hydrogens (tertiary/aromatic N) is 1. The van der Waals surface area contributed by atoms with Crippen LogP contribution < -0.4 is 9.47 Å². The largest absolute Gasteiger partial charge is 0.493 e. The lowest BCUT2D eigenvalue weighted by molar-refractivity contribution is 0.0704. The summed E-state index contributed by atoms with van der Waals surface area (Å²) in [7, 11) is 1.57. The number of ether oxygens (including phenoxy) is 2. The van der Waals surface area contributed by atoms with Crippen LogP contribution in [0.15, 0.2) is 63.8 Å². The van der Waals surface area contributed by atoms with Gasteiger partial charge in [0.25, 0.3) is 5.91 Å². The number of amides is 1. The van der Waals surface area contributed by atoms with Crippen molar-refractivity contribution in [1.29, 1.82) is 0 Å². The van der Waals surface area contributed by atoms with Crippen molar-refractivity contribution in [3.8, 4) is 11.5 Å². The van der Waals surface area contributed by atoms with Gasteiger partial charge in [-0.15, -0.1) is 0 Å². The van der Waals surface area contributed by atoms with E-state index in [1.54, 1.807) is 54.9 Å². The molecule has 0 spiro atoms. The number of furan rings is 2. The third-order valence-electron chi connectivity index (χ3n) is 3.85. The molecule has 0 atom stereocenters. The number of rotatable bonds is 8. The van der Waals surface area contributed by atoms with Crippen LogP contribution in [0.2, 0.25) is 0 Å². The minimum atomic E-state index is -0.151. The maximum Gasteiger partial charge on any atom is 0.254 e. The lowest BCUT2D eigenvalue weighted by atomic mass is 10.1. The van der Waals surface area contributed by atoms with Crippen LogP contribution in [0, 0.1) is 0 Å². The van der Waals surface area contributed by atoms with Gasteiger partial charge >= 0.3 is 0 Å². The third kappa shape index (κ3) is 4.08. The molecule has 0 aliphatic carbocycles. The highest BCUT2D eigenvalue weighted by Gasteiger charge is 2.20. The van der Waals surface area contributed by atoms with Gasteiger partial charge in [0, 0.05) is 5.56 Å². The molecule has 0 aliphatic rings. The quantitative estimate of drug-likeness (QED) is 0.608. The van der Waals surface area contributed by atoms with E-state index < -0.39 is 0 Å². The van der Waals surface area contributed by atoms with Crippen LogP contribution in [0.5, 0.6) is 11.5 Å². The zero-order valence-electron chi connectivity index (χ0n) is 14.8. The van der Waals surface area contributed by atoms with E-state index in [0.29, 0.717) is 48.3 Å². The zero-order chi connectivity index (χ0) is 18.4. The molecule has 26 heavy (non-hydrogen) atoms. The fourth-order valence-electron chi connectivity index (χ4n) is 2.64. The van der Waals surface area contributed by atoms with Gasteiger partial charge in [0.15, 0.2) is 11.5 Å². The van der Waals surface area contributed by atoms with E-state index in [1.807, 2.05) is 19.1 Å². The Morgan fingerprint density at radius 3 is 2.15 bits per heavy atom. The second kappa shape index (κ2) is 8.29. The highest BCUT2D eigenvalue weighted by molar-refractivity contribution is 5.94. The van der Waals surface area contributed by atoms with Gasteiger partial charge in [-0.1, -0.05) is 0 Å². The van der Waals surface area contributed by atoms with E-state index in [4.69, 9.17) is 18.3 Å². The second-order valence-electron chi connectivity index (χ2n) is 5.62. The molecule has 0 bridgehead atoms. The lowest BCUT2D eigenvalue weighted by Crippen LogP contribution is -2.29. The number of hydrogen-bond acceptors (Lipinski definition) is 5. The van der Waals surface area contributed by atoms with Crippen molar-refractivity contribution in [1.82, 2.24) is 4.90 Å². The summed E-state index contributed by atoms with van der Waals surface area (Å²) in [6.07, 6.45) is 3.18. The van der Waals surface area contributed by atoms with Crippen LogP contribution in [0.3, 0.4) is 0 Å². The molecule has 0 saturated heterocycles. The van der Waals surface area contributed by atoms with Crippen molar-refractivity contribution in [2.75, 3.05) is 13.7 Å². The summed E-state index contributed by atoms with van der Waals surface area (Å²) in [6.45, 7) is 3.04. The third-order valence-corrected chi connectivity index (χ3v) is 3.85. The fraction of sp³-hybridized carbons (Fsp3) is 0.250. The van der Waals surface area contributed by atoms with Crippen LogP contribution in [-0.2, 0) is 13.1 Å². The van der Waals surface area contributed by atoms with Gasteiger partial charge in [-0.2, -0.15) is 0 Å². The van der Waals surface area contributed by atoms with Gasteiger partial charge in [-0.05, 0) is 49.4 Å². The summed E-state index contributed by atoms with van der Waals surface area (Å²) in [5.41, 5.74) is 0.507. The van der Waals surface area contributed by atoms with Crippen molar-refractivity contribution in [3.05, 3.63) is 72.1 Å². The second-order valence-corrected chi connectivity index (χ2v) is 5.62. The normalized spacial score (nSPS) is 10.5. The smallest absolute Gasteiger partial charge is 0.254 e. The van der Waals surface area contributed by atoms with Crippen LogP contribution >= 0.6 is 0 Å². The first-order chi connectivity index (χ1) is 12.7. The van der Waals surface area contributed by atoms with Crippen molar-refractivity contribution in [2.24, 2.45) is 0 Å². The first kappa shape index (κ1) is 17.7. The Balaban J connectivity index is 1.87. The van der Waals surface area contributed by atoms with Crippen molar-refractivity contribution < 1.29 is 23.1 Å². The molecular formula is C20H21NO5. The Morgan fingerprint density at radius 2 is 1.65 bits per heavy atom. The molecule has 6 nitrogen and oxygen atoms in total. The number of carbonyl (C=O) groups excluding carboxylic acids is 1. The van der Waals surface area contributed by atoms with Crippen molar-refractivity contribution in [3.63, 3.8) is 0 Å². The molecule has 0 aliphatic heterocycles. The molecule has 0 fully saturated rings. The Hall–Kier alpha value is -3.15. The van der Waals surface area contributed by atoms with Gasteiger partial charge in [0.05, 0.1) is 39.3 Å². The van der Waals surface area contributed by atoms with Crippen LogP contribution in [0.25, 0.3) is 0 Å². The van der Waals surface area contributed by atoms with E-state index in [-0.39, 0.29) is 5.91 Å². The van der Waals surface area contributed by atoms with Gasteiger partial charge < -0.3 is 23.2 Å². The average molecular weight is 355 g/mol. The Morgan fingerprint density at radius 1 is 1.00 bits per heavy atom. The van der Waals surface area contributed by atoms with Crippen LogP contribution in [-0.4, -0.2) is 24.5 Å². The maximum atomic E-state index is 13.1. The Kier molecular flexibility index (Phi) is 5.63. The highest BCUT2D eigenvalue weighted by atomic mass is 16.5. The molecule has 0 unspecified atom stereocenters. The van der Waals surface area contributed by atoms with Crippen molar-refractivity contribution >= 4 is 5.91 Å². The fourth-order valence-corrected chi connectivity index (χ4v) is 2.64. The van der Waals surface area contributed by atoms with Gasteiger partial charge in [-0.3, -0.25) is 4.79 Å². The lowest BCUT2D eigenvalue weighted by Gasteiger charge is -2.21. The molecule has 6 heteroatoms. The monoisotopic (exact) mass is 355 g/mol. The van der Waals surface area contributed by atoms with Gasteiger partial charge in [0.2, 0.25) is 0 Å². The molecule has 1 aromatic carbocycles. The molecule has 2 aromatic heterocycles. The molecule has 3 rings (SSSR count). The number of methoxy groups -OCH3 is 1. The topological polar surface area (TPSA) is 65.0 Å². The van der Waals surface area contributed by atoms with E-state index in [2.05, 4.69) is 0 Å². The summed E-state index contributed by atoms with van der Waals surface area (Å²) in [4.78, 5) is 14.8. The van der Waals surface area contributed by atoms with E-state index in [1.165, 1.54) is 0 Å². The summed E-state index contributed by atoms with van der Waals surface area (Å²) < 4.78 is 21.7. The summed E-state index contributed by atoms with van der Waals surface area (Å²) >= 11 is 0. The maximum absolute atomic E-state index is 13.1. The predicted molar refractivity (Wildman–Crippen MR) is 95.2 cm³/mol. The molecule has 0 N–H and O–H groups in total. The highest BCUT2D eigenvalue weighted by Crippen LogP contribution is 2.29. The molecule has 3 aromatic rings. The van der Waals surface area contributed by atoms with Gasteiger partial charge in [-0.25, -0.2) is 0 Å². The minimum Gasteiger partial charge on any atom is -0.493 e. The van der Waals surface area contributed by atoms with Gasteiger partial charge in [0.1, 0.15) is 11.5 Å². The first-order valence-electron chi connectivity index (χ1n) is 8.36. The van der Waals surface area contributed by atoms with E-state index >= 15 is 0 Å². The van der Waals surface area contributed by atoms with Crippen LogP contribution in [0.4, 0.5) is 0 Å². The number of carbonyl (C=O) groups is 1. The molecule has 0 saturated carbocycles. The molecular weight excluding hydrogens is 334 g/mol. The zero-order valence-corrected chi connectivity index (χ0v) is 14.8. The SMILES string of the molecule is CCOc1cc(C(=O)N(Cc2ccco2)Cc2ccco2)ccc1OC. The number of hydrogen-bond donors (Lipinski definition) is 0. The average Bonchev–Trinajstić information content (AvgIpc) is 3.35. The Bertz CT molecular complexity index is 788. The number of benzene rings is 1. The molecule has 136 valence electrons. The molecule has 1 amide bonds. The predicted octanol–water partition coefficient (Wildman–Crippen LogP) is 4.12. The summed E-state index contributed by atoms with van der Waals surface area (Å²) in [5.74, 6) is 2.37. The molecule has 0 radical (unpaired) electrons. The first-order valence-corrected chi connectivity index (χ1v) is 8.36. The van der Waals surface area contributed by atoms with Crippen molar-refractivity contribution in [2.45, 2.75) is 20.0 Å². The van der Waals surface area contributed by atoms with Crippen LogP contribution in [0.1, 0.15) is 28.8 Å². The Labute approximate surface area is 151 Å². The molecule has 2 heterocycles. The summed E-state index contributed by atoms with van der Waals surface area (Å²) in [5, 5.41) is 0. The van der Waals surface area contributed by atoms with E-state index in [0.717, 1.165) is 0 Å². The summed E-state index contributed by atoms with van der Waals surface area (Å²) in [6, 6.07) is 12.4. The standard InChI is InChI=1S/C20H21NO5/c1-3-24-19-12-15(8-9-18(19)23-2)20(22)21(13-16-6-4-10-25-16)14-17-7-5-11-26-17/h4-12H,3,13-14H2,1-2H3. The van der Waals surface area contributed by atoms with E-state index in [9.17, 15) is 4.79 Å². The minimum absolute atomic E-state index is 0.151.